The summed E-state index contributed by atoms with van der Waals surface area (Å²) in [5.74, 6) is -0.175. The molecule has 2 rings (SSSR count). The first-order chi connectivity index (χ1) is 10.8. The molecule has 0 aromatic rings. The van der Waals surface area contributed by atoms with Crippen LogP contribution in [0.3, 0.4) is 0 Å². The van der Waals surface area contributed by atoms with Gasteiger partial charge in [-0.3, -0.25) is 9.59 Å². The van der Waals surface area contributed by atoms with Gasteiger partial charge in [0.2, 0.25) is 5.91 Å². The molecule has 2 saturated heterocycles. The van der Waals surface area contributed by atoms with Crippen molar-refractivity contribution in [2.45, 2.75) is 46.6 Å². The van der Waals surface area contributed by atoms with Crippen molar-refractivity contribution in [3.05, 3.63) is 24.0 Å². The zero-order valence-corrected chi connectivity index (χ0v) is 17.7. The Hall–Kier alpha value is -0.746. The van der Waals surface area contributed by atoms with Crippen molar-refractivity contribution < 1.29 is 51.8 Å². The van der Waals surface area contributed by atoms with Gasteiger partial charge >= 0.3 is 5.97 Å². The van der Waals surface area contributed by atoms with Crippen LogP contribution in [0.1, 0.15) is 40.5 Å². The average molecular weight is 411 g/mol. The Morgan fingerprint density at radius 3 is 2.42 bits per heavy atom. The quantitative estimate of drug-likeness (QED) is 0.571. The second-order valence-electron chi connectivity index (χ2n) is 6.13. The number of ether oxygens (including phenoxy) is 1. The third-order valence-electron chi connectivity index (χ3n) is 4.21. The molecule has 0 spiro atoms. The van der Waals surface area contributed by atoms with E-state index >= 15 is 0 Å². The van der Waals surface area contributed by atoms with E-state index in [1.165, 1.54) is 0 Å². The van der Waals surface area contributed by atoms with Crippen LogP contribution < -0.4 is 5.32 Å². The minimum absolute atomic E-state index is 0. The number of piperidine rings is 1. The van der Waals surface area contributed by atoms with Crippen LogP contribution >= 0.6 is 0 Å². The van der Waals surface area contributed by atoms with Crippen LogP contribution in [0.25, 0.3) is 5.32 Å². The molecule has 0 aromatic carbocycles. The monoisotopic (exact) mass is 411 g/mol. The fourth-order valence-electron chi connectivity index (χ4n) is 2.02. The minimum Gasteiger partial charge on any atom is -0.645 e. The van der Waals surface area contributed by atoms with Gasteiger partial charge in [0.1, 0.15) is 0 Å². The number of cyclic esters (lactones) is 1. The van der Waals surface area contributed by atoms with Crippen LogP contribution in [0.4, 0.5) is 0 Å². The average Bonchev–Trinajstić information content (AvgIpc) is 2.81. The van der Waals surface area contributed by atoms with Gasteiger partial charge < -0.3 is 26.6 Å². The molecule has 1 N–H and O–H groups in total. The summed E-state index contributed by atoms with van der Waals surface area (Å²) in [7, 11) is 0. The molecule has 1 radical (unpaired) electrons. The summed E-state index contributed by atoms with van der Waals surface area (Å²) in [6, 6.07) is -0.537. The van der Waals surface area contributed by atoms with E-state index in [4.69, 9.17) is 4.74 Å². The molecule has 0 saturated carbocycles. The van der Waals surface area contributed by atoms with Gasteiger partial charge in [-0.1, -0.05) is 33.8 Å². The zero-order chi connectivity index (χ0) is 17.6. The summed E-state index contributed by atoms with van der Waals surface area (Å²) in [5.41, 5.74) is 0.703. The molecule has 24 heavy (non-hydrogen) atoms. The molecule has 2 fully saturated rings. The number of carbonyl (C=O) groups excluding carboxylic acids is 3. The van der Waals surface area contributed by atoms with Gasteiger partial charge in [-0.2, -0.15) is 6.92 Å². The second kappa shape index (κ2) is 11.0. The van der Waals surface area contributed by atoms with E-state index in [9.17, 15) is 14.4 Å². The standard InChI is InChI=1S/C11H17N2O2.C6H10O2.Y/c1-4-7(2)10(14)13-9-6-5-8(3)12-11(9)15;1-4-3-8-6(7)5(4)2;/h4,7,9H,3,5-6H2,1-2H3,(H2,12,13,14,15);4-5H,3H2,1-2H3;/q-1;;/p-1/t7-,9?;4-,5-;/m01./s1. The Bertz CT molecular complexity index is 481. The number of amides is 2. The number of hydrogen-bond donors (Lipinski definition) is 1. The van der Waals surface area contributed by atoms with E-state index < -0.39 is 6.04 Å². The van der Waals surface area contributed by atoms with Crippen LogP contribution in [0.2, 0.25) is 0 Å². The van der Waals surface area contributed by atoms with E-state index in [0.29, 0.717) is 31.1 Å². The summed E-state index contributed by atoms with van der Waals surface area (Å²) >= 11 is 0. The normalized spacial score (nSPS) is 27.0. The Balaban J connectivity index is 0.000000498. The third kappa shape index (κ3) is 7.02. The van der Waals surface area contributed by atoms with E-state index in [2.05, 4.69) is 17.2 Å². The third-order valence-corrected chi connectivity index (χ3v) is 4.21. The van der Waals surface area contributed by atoms with Gasteiger partial charge in [-0.25, -0.2) is 0 Å². The molecule has 133 valence electrons. The largest absolute Gasteiger partial charge is 0.645 e. The zero-order valence-electron chi connectivity index (χ0n) is 14.9. The van der Waals surface area contributed by atoms with Gasteiger partial charge in [0.05, 0.1) is 12.5 Å². The maximum Gasteiger partial charge on any atom is 0.309 e. The van der Waals surface area contributed by atoms with Crippen molar-refractivity contribution in [2.75, 3.05) is 6.61 Å². The van der Waals surface area contributed by atoms with Crippen molar-refractivity contribution in [3.63, 3.8) is 0 Å². The molecule has 4 atom stereocenters. The summed E-state index contributed by atoms with van der Waals surface area (Å²) in [6.07, 6.45) is 3.04. The van der Waals surface area contributed by atoms with Crippen LogP contribution in [0, 0.1) is 24.2 Å². The number of rotatable bonds is 3. The van der Waals surface area contributed by atoms with Crippen LogP contribution in [0.5, 0.6) is 0 Å². The second-order valence-corrected chi connectivity index (χ2v) is 6.13. The van der Waals surface area contributed by atoms with E-state index in [1.807, 2.05) is 13.8 Å². The fraction of sp³-hybridized carbons (Fsp3) is 0.647. The first-order valence-electron chi connectivity index (χ1n) is 7.95. The molecule has 2 heterocycles. The van der Waals surface area contributed by atoms with Crippen molar-refractivity contribution in [2.24, 2.45) is 17.8 Å². The number of carbonyl (C=O) groups is 3. The predicted molar refractivity (Wildman–Crippen MR) is 87.1 cm³/mol. The van der Waals surface area contributed by atoms with Crippen LogP contribution in [0.15, 0.2) is 12.3 Å². The predicted octanol–water partition coefficient (Wildman–Crippen LogP) is 2.35. The fourth-order valence-corrected chi connectivity index (χ4v) is 2.02. The van der Waals surface area contributed by atoms with Crippen LogP contribution in [-0.4, -0.2) is 30.4 Å². The van der Waals surface area contributed by atoms with Crippen molar-refractivity contribution in [3.8, 4) is 0 Å². The molecule has 7 heteroatoms. The topological polar surface area (TPSA) is 86.6 Å². The summed E-state index contributed by atoms with van der Waals surface area (Å²) in [4.78, 5) is 33.5. The number of esters is 1. The smallest absolute Gasteiger partial charge is 0.309 e. The molecule has 0 aliphatic carbocycles. The molecule has 2 aliphatic rings. The Morgan fingerprint density at radius 2 is 2.04 bits per heavy atom. The maximum atomic E-state index is 11.5. The summed E-state index contributed by atoms with van der Waals surface area (Å²) in [5, 5.41) is 6.50. The molecule has 6 nitrogen and oxygen atoms in total. The Labute approximate surface area is 169 Å². The molecule has 1 unspecified atom stereocenters. The molecule has 2 amide bonds. The van der Waals surface area contributed by atoms with Gasteiger partial charge in [0.25, 0.3) is 0 Å². The summed E-state index contributed by atoms with van der Waals surface area (Å²) < 4.78 is 4.74. The number of nitrogens with zero attached hydrogens (tertiary/aromatic N) is 1. The SMILES string of the molecule is C=C1CCC([N-]C(=O)[C@@H](C)[CH-]C)C(=O)N1.C[C@@H]1COC(=O)[C@@H]1C.[Y]. The Morgan fingerprint density at radius 1 is 1.42 bits per heavy atom. The van der Waals surface area contributed by atoms with Crippen molar-refractivity contribution >= 4 is 17.8 Å². The van der Waals surface area contributed by atoms with Gasteiger partial charge in [0, 0.05) is 50.2 Å². The van der Waals surface area contributed by atoms with Crippen molar-refractivity contribution in [1.29, 1.82) is 0 Å². The van der Waals surface area contributed by atoms with Crippen LogP contribution in [-0.2, 0) is 51.8 Å². The van der Waals surface area contributed by atoms with E-state index in [0.717, 1.165) is 0 Å². The first-order valence-corrected chi connectivity index (χ1v) is 7.95. The van der Waals surface area contributed by atoms with E-state index in [1.54, 1.807) is 20.3 Å². The molecular weight excluding hydrogens is 385 g/mol. The molecular formula is C17H26N2O4Y-2. The number of allylic oxidation sites excluding steroid dienone is 1. The van der Waals surface area contributed by atoms with Gasteiger partial charge in [-0.15, -0.1) is 5.92 Å². The van der Waals surface area contributed by atoms with Crippen molar-refractivity contribution in [1.82, 2.24) is 5.32 Å². The van der Waals surface area contributed by atoms with E-state index in [-0.39, 0.29) is 62.3 Å². The molecule has 0 bridgehead atoms. The molecule has 0 aromatic heterocycles. The van der Waals surface area contributed by atoms with Gasteiger partial charge in [-0.05, 0) is 12.5 Å². The maximum absolute atomic E-state index is 11.5. The molecule has 2 aliphatic heterocycles. The number of hydrogen-bond acceptors (Lipinski definition) is 4. The van der Waals surface area contributed by atoms with Gasteiger partial charge in [0.15, 0.2) is 0 Å². The Kier molecular flexibility index (Phi) is 10.6. The number of nitrogens with one attached hydrogen (secondary N) is 1. The first kappa shape index (κ1) is 23.3. The minimum atomic E-state index is -0.537. The summed E-state index contributed by atoms with van der Waals surface area (Å²) in [6.45, 7) is 11.8.